The van der Waals surface area contributed by atoms with Gasteiger partial charge in [-0.15, -0.1) is 0 Å². The van der Waals surface area contributed by atoms with Gasteiger partial charge in [-0.1, -0.05) is 6.07 Å². The van der Waals surface area contributed by atoms with Crippen LogP contribution in [0.3, 0.4) is 0 Å². The molecule has 2 heterocycles. The second-order valence-electron chi connectivity index (χ2n) is 7.66. The summed E-state index contributed by atoms with van der Waals surface area (Å²) in [6.07, 6.45) is 4.82. The number of amides is 2. The molecule has 5 rings (SSSR count). The lowest BCUT2D eigenvalue weighted by Gasteiger charge is -2.18. The Kier molecular flexibility index (Phi) is 4.16. The molecule has 2 aliphatic rings. The van der Waals surface area contributed by atoms with Crippen molar-refractivity contribution in [2.24, 2.45) is 5.92 Å². The number of carbonyl (C=O) groups excluding carboxylic acids is 2. The van der Waals surface area contributed by atoms with Gasteiger partial charge < -0.3 is 15.2 Å². The second kappa shape index (κ2) is 6.84. The molecule has 29 heavy (non-hydrogen) atoms. The van der Waals surface area contributed by atoms with E-state index in [0.29, 0.717) is 23.1 Å². The SMILES string of the molecule is O=C(Nc1ccc2nc[nH]c(=O)c2c1)C1CC(=O)N(c2ccc3c(c2)CCC3)C1. The quantitative estimate of drug-likeness (QED) is 0.720. The Morgan fingerprint density at radius 2 is 1.97 bits per heavy atom. The van der Waals surface area contributed by atoms with E-state index in [-0.39, 0.29) is 23.8 Å². The summed E-state index contributed by atoms with van der Waals surface area (Å²) in [7, 11) is 0. The van der Waals surface area contributed by atoms with E-state index in [9.17, 15) is 14.4 Å². The predicted molar refractivity (Wildman–Crippen MR) is 110 cm³/mol. The Balaban J connectivity index is 1.33. The van der Waals surface area contributed by atoms with E-state index in [0.717, 1.165) is 24.9 Å². The number of nitrogens with zero attached hydrogens (tertiary/aromatic N) is 2. The van der Waals surface area contributed by atoms with E-state index in [1.807, 2.05) is 6.07 Å². The zero-order chi connectivity index (χ0) is 20.0. The van der Waals surface area contributed by atoms with Crippen LogP contribution < -0.4 is 15.8 Å². The van der Waals surface area contributed by atoms with Crippen molar-refractivity contribution in [2.45, 2.75) is 25.7 Å². The third kappa shape index (κ3) is 3.18. The van der Waals surface area contributed by atoms with Gasteiger partial charge in [0.1, 0.15) is 0 Å². The molecule has 3 aromatic rings. The fourth-order valence-electron chi connectivity index (χ4n) is 4.25. The van der Waals surface area contributed by atoms with Crippen LogP contribution in [0.1, 0.15) is 24.0 Å². The first kappa shape index (κ1) is 17.6. The Bertz CT molecular complexity index is 1200. The summed E-state index contributed by atoms with van der Waals surface area (Å²) in [6.45, 7) is 0.360. The van der Waals surface area contributed by atoms with Gasteiger partial charge in [-0.3, -0.25) is 14.4 Å². The largest absolute Gasteiger partial charge is 0.326 e. The molecule has 0 spiro atoms. The molecule has 1 unspecified atom stereocenters. The van der Waals surface area contributed by atoms with Gasteiger partial charge in [-0.2, -0.15) is 0 Å². The third-order valence-corrected chi connectivity index (χ3v) is 5.80. The molecule has 0 radical (unpaired) electrons. The van der Waals surface area contributed by atoms with Crippen molar-refractivity contribution in [3.8, 4) is 0 Å². The number of anilines is 2. The second-order valence-corrected chi connectivity index (χ2v) is 7.66. The van der Waals surface area contributed by atoms with Crippen molar-refractivity contribution in [1.29, 1.82) is 0 Å². The maximum atomic E-state index is 12.8. The van der Waals surface area contributed by atoms with Crippen molar-refractivity contribution in [1.82, 2.24) is 9.97 Å². The van der Waals surface area contributed by atoms with Crippen LogP contribution in [-0.4, -0.2) is 28.3 Å². The maximum Gasteiger partial charge on any atom is 0.258 e. The molecule has 1 fully saturated rings. The van der Waals surface area contributed by atoms with Gasteiger partial charge in [0.2, 0.25) is 11.8 Å². The molecule has 2 N–H and O–H groups in total. The number of aromatic nitrogens is 2. The van der Waals surface area contributed by atoms with Crippen molar-refractivity contribution in [3.63, 3.8) is 0 Å². The highest BCUT2D eigenvalue weighted by Crippen LogP contribution is 2.31. The van der Waals surface area contributed by atoms with Crippen LogP contribution >= 0.6 is 0 Å². The van der Waals surface area contributed by atoms with Crippen molar-refractivity contribution >= 4 is 34.1 Å². The van der Waals surface area contributed by atoms with E-state index in [2.05, 4.69) is 27.4 Å². The molecule has 7 nitrogen and oxygen atoms in total. The molecule has 1 saturated heterocycles. The number of carbonyl (C=O) groups is 2. The first-order valence-corrected chi connectivity index (χ1v) is 9.79. The van der Waals surface area contributed by atoms with Crippen LogP contribution in [-0.2, 0) is 22.4 Å². The monoisotopic (exact) mass is 388 g/mol. The summed E-state index contributed by atoms with van der Waals surface area (Å²) < 4.78 is 0. The van der Waals surface area contributed by atoms with Gasteiger partial charge >= 0.3 is 0 Å². The minimum absolute atomic E-state index is 0.0396. The molecule has 1 aromatic heterocycles. The summed E-state index contributed by atoms with van der Waals surface area (Å²) in [6, 6.07) is 11.2. The summed E-state index contributed by atoms with van der Waals surface area (Å²) in [5, 5.41) is 3.25. The molecule has 2 amide bonds. The first-order chi connectivity index (χ1) is 14.1. The summed E-state index contributed by atoms with van der Waals surface area (Å²) in [4.78, 5) is 45.6. The van der Waals surface area contributed by atoms with Crippen LogP contribution in [0.5, 0.6) is 0 Å². The van der Waals surface area contributed by atoms with Crippen LogP contribution in [0.2, 0.25) is 0 Å². The number of H-pyrrole nitrogens is 1. The van der Waals surface area contributed by atoms with Crippen LogP contribution in [0.4, 0.5) is 11.4 Å². The highest BCUT2D eigenvalue weighted by Gasteiger charge is 2.35. The normalized spacial score (nSPS) is 18.3. The Morgan fingerprint density at radius 3 is 2.86 bits per heavy atom. The molecule has 7 heteroatoms. The lowest BCUT2D eigenvalue weighted by Crippen LogP contribution is -2.28. The zero-order valence-corrected chi connectivity index (χ0v) is 15.8. The zero-order valence-electron chi connectivity index (χ0n) is 15.8. The van der Waals surface area contributed by atoms with Crippen LogP contribution in [0.15, 0.2) is 47.5 Å². The van der Waals surface area contributed by atoms with Gasteiger partial charge in [0.25, 0.3) is 5.56 Å². The Morgan fingerprint density at radius 1 is 1.10 bits per heavy atom. The predicted octanol–water partition coefficient (Wildman–Crippen LogP) is 2.40. The third-order valence-electron chi connectivity index (χ3n) is 5.80. The van der Waals surface area contributed by atoms with E-state index >= 15 is 0 Å². The summed E-state index contributed by atoms with van der Waals surface area (Å²) in [5.74, 6) is -0.692. The van der Waals surface area contributed by atoms with Gasteiger partial charge in [0.05, 0.1) is 23.1 Å². The summed E-state index contributed by atoms with van der Waals surface area (Å²) >= 11 is 0. The van der Waals surface area contributed by atoms with E-state index in [1.165, 1.54) is 17.5 Å². The van der Waals surface area contributed by atoms with Crippen LogP contribution in [0.25, 0.3) is 10.9 Å². The van der Waals surface area contributed by atoms with Gasteiger partial charge in [-0.05, 0) is 60.7 Å². The van der Waals surface area contributed by atoms with Gasteiger partial charge in [-0.25, -0.2) is 4.98 Å². The van der Waals surface area contributed by atoms with E-state index in [4.69, 9.17) is 0 Å². The van der Waals surface area contributed by atoms with Crippen molar-refractivity contribution in [2.75, 3.05) is 16.8 Å². The lowest BCUT2D eigenvalue weighted by atomic mass is 10.1. The van der Waals surface area contributed by atoms with Gasteiger partial charge in [0.15, 0.2) is 0 Å². The average Bonchev–Trinajstić information content (AvgIpc) is 3.34. The highest BCUT2D eigenvalue weighted by atomic mass is 16.2. The Labute approximate surface area is 166 Å². The molecule has 2 aromatic carbocycles. The average molecular weight is 388 g/mol. The number of rotatable bonds is 3. The fourth-order valence-corrected chi connectivity index (χ4v) is 4.25. The van der Waals surface area contributed by atoms with Crippen molar-refractivity contribution < 1.29 is 9.59 Å². The Hall–Kier alpha value is -3.48. The maximum absolute atomic E-state index is 12.8. The molecule has 0 saturated carbocycles. The highest BCUT2D eigenvalue weighted by molar-refractivity contribution is 6.04. The molecular weight excluding hydrogens is 368 g/mol. The molecule has 1 atom stereocenters. The molecule has 1 aliphatic heterocycles. The number of aromatic amines is 1. The minimum Gasteiger partial charge on any atom is -0.326 e. The fraction of sp³-hybridized carbons (Fsp3) is 0.273. The smallest absolute Gasteiger partial charge is 0.258 e. The molecule has 1 aliphatic carbocycles. The van der Waals surface area contributed by atoms with E-state index in [1.54, 1.807) is 23.1 Å². The first-order valence-electron chi connectivity index (χ1n) is 9.79. The number of fused-ring (bicyclic) bond motifs is 2. The topological polar surface area (TPSA) is 95.2 Å². The number of aryl methyl sites for hydroxylation is 2. The molecule has 0 bridgehead atoms. The van der Waals surface area contributed by atoms with Gasteiger partial charge in [0, 0.05) is 24.3 Å². The number of nitrogens with one attached hydrogen (secondary N) is 2. The minimum atomic E-state index is -0.432. The van der Waals surface area contributed by atoms with Crippen molar-refractivity contribution in [3.05, 3.63) is 64.2 Å². The van der Waals surface area contributed by atoms with Crippen LogP contribution in [0, 0.1) is 5.92 Å². The lowest BCUT2D eigenvalue weighted by molar-refractivity contribution is -0.122. The number of benzene rings is 2. The summed E-state index contributed by atoms with van der Waals surface area (Å²) in [5.41, 5.74) is 4.35. The van der Waals surface area contributed by atoms with E-state index < -0.39 is 5.92 Å². The standard InChI is InChI=1S/C22H20N4O3/c27-20-9-15(11-26(20)17-6-4-13-2-1-3-14(13)8-17)21(28)25-16-5-7-19-18(10-16)22(29)24-12-23-19/h4-8,10,12,15H,1-3,9,11H2,(H,25,28)(H,23,24,29). The molecular formula is C22H20N4O3. The number of hydrogen-bond acceptors (Lipinski definition) is 4. The molecule has 146 valence electrons. The number of hydrogen-bond donors (Lipinski definition) is 2.